The van der Waals surface area contributed by atoms with Gasteiger partial charge >= 0.3 is 21.7 Å². The first-order valence-corrected chi connectivity index (χ1v) is 12.5. The first-order chi connectivity index (χ1) is 18.5. The number of halogens is 6. The summed E-state index contributed by atoms with van der Waals surface area (Å²) in [4.78, 5) is 41.4. The highest BCUT2D eigenvalue weighted by Crippen LogP contribution is 2.27. The van der Waals surface area contributed by atoms with Crippen molar-refractivity contribution < 1.29 is 44.3 Å². The molecule has 1 atom stereocenters. The fourth-order valence-corrected chi connectivity index (χ4v) is 3.99. The van der Waals surface area contributed by atoms with Crippen LogP contribution in [0.4, 0.5) is 37.7 Å². The van der Waals surface area contributed by atoms with Gasteiger partial charge in [-0.25, -0.2) is 4.98 Å². The first kappa shape index (κ1) is 30.1. The zero-order valence-electron chi connectivity index (χ0n) is 20.0. The molecule has 0 aliphatic rings. The number of sulfonamides is 1. The fraction of sp³-hybridized carbons (Fsp3) is 0.217. The van der Waals surface area contributed by atoms with Gasteiger partial charge in [-0.15, -0.1) is 0 Å². The molecular formula is C23H19F6N5O5S. The summed E-state index contributed by atoms with van der Waals surface area (Å²) in [5, 5.41) is 1.97. The van der Waals surface area contributed by atoms with E-state index in [4.69, 9.17) is 5.73 Å². The van der Waals surface area contributed by atoms with Crippen molar-refractivity contribution in [2.75, 3.05) is 10.5 Å². The lowest BCUT2D eigenvalue weighted by molar-refractivity contribution is -0.173. The summed E-state index contributed by atoms with van der Waals surface area (Å²) >= 11 is 0. The molecule has 0 aliphatic heterocycles. The van der Waals surface area contributed by atoms with E-state index in [0.717, 1.165) is 30.5 Å². The molecule has 1 heterocycles. The van der Waals surface area contributed by atoms with Crippen LogP contribution in [0.25, 0.3) is 11.4 Å². The number of anilines is 2. The number of alkyl halides is 6. The van der Waals surface area contributed by atoms with Gasteiger partial charge in [0.2, 0.25) is 5.91 Å². The molecular weight excluding hydrogens is 572 g/mol. The minimum atomic E-state index is -5.71. The highest BCUT2D eigenvalue weighted by molar-refractivity contribution is 7.93. The lowest BCUT2D eigenvalue weighted by Crippen LogP contribution is -2.49. The number of aromatic nitrogens is 2. The summed E-state index contributed by atoms with van der Waals surface area (Å²) < 4.78 is 102. The Morgan fingerprint density at radius 3 is 2.12 bits per heavy atom. The van der Waals surface area contributed by atoms with Gasteiger partial charge < -0.3 is 11.1 Å². The summed E-state index contributed by atoms with van der Waals surface area (Å²) in [6.07, 6.45) is -4.86. The van der Waals surface area contributed by atoms with Gasteiger partial charge in [0.1, 0.15) is 24.1 Å². The Kier molecular flexibility index (Phi) is 8.57. The average Bonchev–Trinajstić information content (AvgIpc) is 2.86. The number of benzene rings is 2. The zero-order chi connectivity index (χ0) is 29.9. The minimum absolute atomic E-state index is 0.00654. The maximum atomic E-state index is 13.2. The molecule has 0 aliphatic carbocycles. The van der Waals surface area contributed by atoms with Crippen LogP contribution < -0.4 is 21.3 Å². The second kappa shape index (κ2) is 11.4. The summed E-state index contributed by atoms with van der Waals surface area (Å²) in [6.45, 7) is -0.939. The van der Waals surface area contributed by atoms with Crippen molar-refractivity contribution in [2.24, 2.45) is 0 Å². The third kappa shape index (κ3) is 7.16. The van der Waals surface area contributed by atoms with Crippen LogP contribution in [0.1, 0.15) is 5.56 Å². The molecule has 17 heteroatoms. The van der Waals surface area contributed by atoms with E-state index in [0.29, 0.717) is 10.1 Å². The fourth-order valence-electron chi connectivity index (χ4n) is 3.43. The number of nitrogens with one attached hydrogen (secondary N) is 2. The Labute approximate surface area is 221 Å². The van der Waals surface area contributed by atoms with E-state index in [9.17, 15) is 49.1 Å². The second-order valence-corrected chi connectivity index (χ2v) is 9.90. The van der Waals surface area contributed by atoms with Crippen molar-refractivity contribution in [1.82, 2.24) is 14.9 Å². The largest absolute Gasteiger partial charge is 0.516 e. The van der Waals surface area contributed by atoms with E-state index < -0.39 is 69.3 Å². The molecule has 10 nitrogen and oxygen atoms in total. The number of nitrogens with two attached hydrogens (primary N) is 1. The Balaban J connectivity index is 1.89. The molecule has 0 radical (unpaired) electrons. The van der Waals surface area contributed by atoms with Crippen molar-refractivity contribution >= 4 is 33.1 Å². The van der Waals surface area contributed by atoms with E-state index in [1.54, 1.807) is 6.07 Å². The average molecular weight is 591 g/mol. The van der Waals surface area contributed by atoms with Gasteiger partial charge in [-0.1, -0.05) is 30.3 Å². The Morgan fingerprint density at radius 1 is 0.975 bits per heavy atom. The molecule has 3 aromatic rings. The molecule has 214 valence electrons. The number of rotatable bonds is 9. The molecule has 0 bridgehead atoms. The molecule has 0 saturated heterocycles. The quantitative estimate of drug-likeness (QED) is 0.324. The van der Waals surface area contributed by atoms with Crippen LogP contribution in [0.15, 0.2) is 65.6 Å². The smallest absolute Gasteiger partial charge is 0.393 e. The minimum Gasteiger partial charge on any atom is -0.393 e. The van der Waals surface area contributed by atoms with Gasteiger partial charge in [0, 0.05) is 17.7 Å². The Hall–Kier alpha value is -4.41. The normalized spacial score (nSPS) is 12.9. The van der Waals surface area contributed by atoms with E-state index in [2.05, 4.69) is 4.98 Å². The third-order valence-corrected chi connectivity index (χ3v) is 6.40. The van der Waals surface area contributed by atoms with Gasteiger partial charge in [0.05, 0.1) is 6.20 Å². The predicted molar refractivity (Wildman–Crippen MR) is 130 cm³/mol. The van der Waals surface area contributed by atoms with Crippen molar-refractivity contribution in [3.8, 4) is 11.4 Å². The molecule has 1 unspecified atom stereocenters. The predicted octanol–water partition coefficient (Wildman–Crippen LogP) is 2.61. The van der Waals surface area contributed by atoms with Crippen molar-refractivity contribution in [2.45, 2.75) is 30.7 Å². The van der Waals surface area contributed by atoms with E-state index >= 15 is 0 Å². The monoisotopic (exact) mass is 591 g/mol. The molecule has 0 fully saturated rings. The van der Waals surface area contributed by atoms with Gasteiger partial charge in [0.25, 0.3) is 11.3 Å². The van der Waals surface area contributed by atoms with Crippen LogP contribution in [0.5, 0.6) is 0 Å². The summed E-state index contributed by atoms with van der Waals surface area (Å²) in [7, 11) is -5.71. The highest BCUT2D eigenvalue weighted by atomic mass is 32.2. The van der Waals surface area contributed by atoms with Crippen LogP contribution in [0.3, 0.4) is 0 Å². The number of amides is 1. The van der Waals surface area contributed by atoms with E-state index in [1.165, 1.54) is 29.0 Å². The molecule has 40 heavy (non-hydrogen) atoms. The first-order valence-electron chi connectivity index (χ1n) is 11.0. The summed E-state index contributed by atoms with van der Waals surface area (Å²) in [6, 6.07) is 9.51. The number of carbonyl (C=O) groups is 2. The maximum absolute atomic E-state index is 13.2. The number of nitrogens with zero attached hydrogens (tertiary/aromatic N) is 2. The number of ketones is 1. The molecule has 3 rings (SSSR count). The molecule has 2 aromatic carbocycles. The topological polar surface area (TPSA) is 153 Å². The lowest BCUT2D eigenvalue weighted by Gasteiger charge is -2.20. The van der Waals surface area contributed by atoms with E-state index in [-0.39, 0.29) is 11.4 Å². The summed E-state index contributed by atoms with van der Waals surface area (Å²) in [5.41, 5.74) is -1.60. The van der Waals surface area contributed by atoms with Crippen LogP contribution >= 0.6 is 0 Å². The third-order valence-electron chi connectivity index (χ3n) is 5.29. The molecule has 0 spiro atoms. The molecule has 1 amide bonds. The van der Waals surface area contributed by atoms with Crippen LogP contribution in [0.2, 0.25) is 0 Å². The van der Waals surface area contributed by atoms with Gasteiger partial charge in [-0.2, -0.15) is 34.8 Å². The number of nitrogen functional groups attached to an aromatic ring is 1. The van der Waals surface area contributed by atoms with Gasteiger partial charge in [0.15, 0.2) is 0 Å². The maximum Gasteiger partial charge on any atom is 0.516 e. The van der Waals surface area contributed by atoms with Gasteiger partial charge in [-0.3, -0.25) is 23.7 Å². The van der Waals surface area contributed by atoms with Crippen molar-refractivity contribution in [3.63, 3.8) is 0 Å². The number of hydrogen-bond donors (Lipinski definition) is 3. The number of Topliss-reactive ketones (excluding diaryl/α,β-unsaturated/α-hetero) is 1. The number of carbonyl (C=O) groups excluding carboxylic acids is 2. The molecule has 1 aromatic heterocycles. The summed E-state index contributed by atoms with van der Waals surface area (Å²) in [5.74, 6) is -3.68. The van der Waals surface area contributed by atoms with Gasteiger partial charge in [-0.05, 0) is 29.8 Å². The SMILES string of the molecule is Nc1cnc(-c2ccc(NS(=O)(=O)C(F)(F)F)cc2)n(CC(=O)NC(Cc2ccccc2)C(=O)C(F)(F)F)c1=O. The van der Waals surface area contributed by atoms with Crippen LogP contribution in [-0.2, 0) is 32.6 Å². The Morgan fingerprint density at radius 2 is 1.57 bits per heavy atom. The van der Waals surface area contributed by atoms with E-state index in [1.807, 2.05) is 5.32 Å². The Bertz CT molecular complexity index is 1560. The highest BCUT2D eigenvalue weighted by Gasteiger charge is 2.46. The van der Waals surface area contributed by atoms with Crippen molar-refractivity contribution in [3.05, 3.63) is 76.7 Å². The van der Waals surface area contributed by atoms with Crippen LogP contribution in [-0.4, -0.2) is 47.4 Å². The zero-order valence-corrected chi connectivity index (χ0v) is 20.8. The van der Waals surface area contributed by atoms with Crippen molar-refractivity contribution in [1.29, 1.82) is 0 Å². The molecule has 0 saturated carbocycles. The van der Waals surface area contributed by atoms with Crippen LogP contribution in [0, 0.1) is 0 Å². The molecule has 4 N–H and O–H groups in total. The number of hydrogen-bond acceptors (Lipinski definition) is 7. The second-order valence-electron chi connectivity index (χ2n) is 8.23. The lowest BCUT2D eigenvalue weighted by atomic mass is 10.0. The standard InChI is InChI=1S/C23H19F6N5O5S/c24-22(25,26)19(36)17(10-13-4-2-1-3-5-13)32-18(35)12-34-20(31-11-16(30)21(34)37)14-6-8-15(9-7-14)33-40(38,39)23(27,28)29/h1-9,11,17,33H,10,12,30H2,(H,32,35).